The molecule has 0 aliphatic carbocycles. The number of benzene rings is 1. The lowest BCUT2D eigenvalue weighted by Crippen LogP contribution is -1.99. The molecule has 0 heterocycles. The Kier molecular flexibility index (Phi) is 3.57. The molecule has 1 rings (SSSR count). The highest BCUT2D eigenvalue weighted by Gasteiger charge is 1.99. The molecule has 0 bridgehead atoms. The minimum absolute atomic E-state index is 0.796. The van der Waals surface area contributed by atoms with Crippen LogP contribution in [0.1, 0.15) is 25.0 Å². The molecule has 2 nitrogen and oxygen atoms in total. The molecule has 0 N–H and O–H groups in total. The van der Waals surface area contributed by atoms with E-state index >= 15 is 0 Å². The van der Waals surface area contributed by atoms with Gasteiger partial charge in [-0.15, -0.1) is 0 Å². The van der Waals surface area contributed by atoms with Gasteiger partial charge in [-0.25, -0.2) is 4.99 Å². The number of rotatable bonds is 1. The fraction of sp³-hybridized carbons (Fsp3) is 0.333. The summed E-state index contributed by atoms with van der Waals surface area (Å²) in [6, 6.07) is 8.23. The Hall–Kier alpha value is -1.44. The van der Waals surface area contributed by atoms with E-state index in [4.69, 9.17) is 0 Å². The van der Waals surface area contributed by atoms with Gasteiger partial charge in [-0.1, -0.05) is 29.8 Å². The summed E-state index contributed by atoms with van der Waals surface area (Å²) in [6.45, 7) is 6.01. The van der Waals surface area contributed by atoms with E-state index in [1.54, 1.807) is 7.05 Å². The van der Waals surface area contributed by atoms with Crippen molar-refractivity contribution in [2.45, 2.75) is 20.8 Å². The maximum absolute atomic E-state index is 4.36. The molecule has 0 unspecified atom stereocenters. The van der Waals surface area contributed by atoms with Crippen molar-refractivity contribution in [1.82, 2.24) is 0 Å². The second-order valence-corrected chi connectivity index (χ2v) is 3.47. The van der Waals surface area contributed by atoms with Gasteiger partial charge >= 0.3 is 0 Å². The molecule has 0 aliphatic heterocycles. The average molecular weight is 188 g/mol. The van der Waals surface area contributed by atoms with Crippen LogP contribution in [0.25, 0.3) is 0 Å². The molecular weight excluding hydrogens is 172 g/mol. The fourth-order valence-electron chi connectivity index (χ4n) is 1.16. The van der Waals surface area contributed by atoms with Gasteiger partial charge in [-0.05, 0) is 20.8 Å². The molecule has 0 saturated heterocycles. The van der Waals surface area contributed by atoms with Crippen LogP contribution in [0.2, 0.25) is 0 Å². The van der Waals surface area contributed by atoms with Crippen molar-refractivity contribution in [3.05, 3.63) is 35.4 Å². The van der Waals surface area contributed by atoms with Gasteiger partial charge in [0.1, 0.15) is 0 Å². The summed E-state index contributed by atoms with van der Waals surface area (Å²) in [4.78, 5) is 8.52. The van der Waals surface area contributed by atoms with E-state index < -0.39 is 0 Å². The molecule has 14 heavy (non-hydrogen) atoms. The van der Waals surface area contributed by atoms with Gasteiger partial charge in [-0.3, -0.25) is 4.99 Å². The van der Waals surface area contributed by atoms with Crippen molar-refractivity contribution < 1.29 is 0 Å². The van der Waals surface area contributed by atoms with Crippen molar-refractivity contribution in [2.24, 2.45) is 9.98 Å². The first-order chi connectivity index (χ1) is 6.63. The predicted octanol–water partition coefficient (Wildman–Crippen LogP) is 2.85. The normalized spacial score (nSPS) is 11.3. The van der Waals surface area contributed by atoms with E-state index in [2.05, 4.69) is 29.0 Å². The van der Waals surface area contributed by atoms with E-state index in [0.29, 0.717) is 0 Å². The van der Waals surface area contributed by atoms with Crippen LogP contribution in [0.5, 0.6) is 0 Å². The molecule has 0 aromatic heterocycles. The Morgan fingerprint density at radius 3 is 2.07 bits per heavy atom. The highest BCUT2D eigenvalue weighted by Crippen LogP contribution is 2.05. The van der Waals surface area contributed by atoms with Crippen LogP contribution in [-0.2, 0) is 0 Å². The quantitative estimate of drug-likeness (QED) is 0.478. The minimum atomic E-state index is 0.796. The number of aryl methyl sites for hydroxylation is 1. The zero-order valence-electron chi connectivity index (χ0n) is 9.20. The molecule has 2 heteroatoms. The second-order valence-electron chi connectivity index (χ2n) is 3.47. The lowest BCUT2D eigenvalue weighted by molar-refractivity contribution is 1.37. The van der Waals surface area contributed by atoms with Crippen molar-refractivity contribution in [3.8, 4) is 0 Å². The van der Waals surface area contributed by atoms with Gasteiger partial charge in [0, 0.05) is 18.3 Å². The third kappa shape index (κ3) is 2.80. The van der Waals surface area contributed by atoms with E-state index in [0.717, 1.165) is 17.1 Å². The van der Waals surface area contributed by atoms with Crippen LogP contribution in [0.15, 0.2) is 34.3 Å². The second kappa shape index (κ2) is 4.70. The lowest BCUT2D eigenvalue weighted by Gasteiger charge is -2.01. The van der Waals surface area contributed by atoms with Gasteiger partial charge in [0.25, 0.3) is 0 Å². The predicted molar refractivity (Wildman–Crippen MR) is 62.4 cm³/mol. The van der Waals surface area contributed by atoms with Crippen molar-refractivity contribution in [3.63, 3.8) is 0 Å². The third-order valence-corrected chi connectivity index (χ3v) is 1.85. The van der Waals surface area contributed by atoms with Crippen LogP contribution in [0.3, 0.4) is 0 Å². The van der Waals surface area contributed by atoms with E-state index in [9.17, 15) is 0 Å². The van der Waals surface area contributed by atoms with Crippen LogP contribution in [-0.4, -0.2) is 18.6 Å². The Labute approximate surface area is 85.4 Å². The van der Waals surface area contributed by atoms with Crippen molar-refractivity contribution >= 4 is 11.5 Å². The molecule has 1 aromatic rings. The van der Waals surface area contributed by atoms with Crippen LogP contribution < -0.4 is 0 Å². The zero-order valence-corrected chi connectivity index (χ0v) is 9.20. The summed E-state index contributed by atoms with van der Waals surface area (Å²) in [7, 11) is 1.77. The molecular formula is C12H16N2. The third-order valence-electron chi connectivity index (χ3n) is 1.85. The summed E-state index contributed by atoms with van der Waals surface area (Å²) in [5, 5.41) is 0. The number of hydrogen-bond donors (Lipinski definition) is 0. The summed E-state index contributed by atoms with van der Waals surface area (Å²) >= 11 is 0. The topological polar surface area (TPSA) is 24.7 Å². The van der Waals surface area contributed by atoms with Gasteiger partial charge in [0.05, 0.1) is 0 Å². The minimum Gasteiger partial charge on any atom is -0.270 e. The first-order valence-electron chi connectivity index (χ1n) is 4.69. The van der Waals surface area contributed by atoms with E-state index in [-0.39, 0.29) is 0 Å². The number of hydrogen-bond acceptors (Lipinski definition) is 1. The largest absolute Gasteiger partial charge is 0.270 e. The molecule has 0 saturated carbocycles. The smallest absolute Gasteiger partial charge is 0.154 e. The molecule has 0 fully saturated rings. The Balaban J connectivity index is 3.03. The van der Waals surface area contributed by atoms with Gasteiger partial charge in [0.2, 0.25) is 0 Å². The molecule has 0 spiro atoms. The Morgan fingerprint density at radius 1 is 1.07 bits per heavy atom. The SMILES string of the molecule is CN=C(N=C(C)C)c1ccc(C)cc1. The maximum Gasteiger partial charge on any atom is 0.154 e. The van der Waals surface area contributed by atoms with Gasteiger partial charge in [-0.2, -0.15) is 0 Å². The molecule has 1 aromatic carbocycles. The Bertz CT molecular complexity index is 354. The van der Waals surface area contributed by atoms with Crippen molar-refractivity contribution in [2.75, 3.05) is 7.05 Å². The number of nitrogens with zero attached hydrogens (tertiary/aromatic N) is 2. The monoisotopic (exact) mass is 188 g/mol. The van der Waals surface area contributed by atoms with Crippen molar-refractivity contribution in [1.29, 1.82) is 0 Å². The highest BCUT2D eigenvalue weighted by atomic mass is 14.9. The van der Waals surface area contributed by atoms with Crippen LogP contribution in [0.4, 0.5) is 0 Å². The molecule has 74 valence electrons. The molecule has 0 amide bonds. The highest BCUT2D eigenvalue weighted by molar-refractivity contribution is 6.05. The summed E-state index contributed by atoms with van der Waals surface area (Å²) in [6.07, 6.45) is 0. The van der Waals surface area contributed by atoms with Crippen LogP contribution >= 0.6 is 0 Å². The summed E-state index contributed by atoms with van der Waals surface area (Å²) < 4.78 is 0. The average Bonchev–Trinajstić information content (AvgIpc) is 2.15. The molecule has 0 radical (unpaired) electrons. The lowest BCUT2D eigenvalue weighted by atomic mass is 10.1. The Morgan fingerprint density at radius 2 is 1.64 bits per heavy atom. The molecule has 0 aliphatic rings. The van der Waals surface area contributed by atoms with Gasteiger partial charge in [0.15, 0.2) is 5.84 Å². The summed E-state index contributed by atoms with van der Waals surface area (Å²) in [5.41, 5.74) is 3.34. The first kappa shape index (κ1) is 10.6. The standard InChI is InChI=1S/C12H16N2/c1-9(2)14-12(13-4)11-7-5-10(3)6-8-11/h5-8H,1-4H3. The number of amidine groups is 1. The first-order valence-corrected chi connectivity index (χ1v) is 4.69. The molecule has 0 atom stereocenters. The zero-order chi connectivity index (χ0) is 10.6. The van der Waals surface area contributed by atoms with E-state index in [1.807, 2.05) is 26.0 Å². The fourth-order valence-corrected chi connectivity index (χ4v) is 1.16. The maximum atomic E-state index is 4.36. The van der Waals surface area contributed by atoms with E-state index in [1.165, 1.54) is 5.56 Å². The summed E-state index contributed by atoms with van der Waals surface area (Å²) in [5.74, 6) is 0.796. The van der Waals surface area contributed by atoms with Gasteiger partial charge < -0.3 is 0 Å². The number of aliphatic imine (C=N–C) groups is 2. The van der Waals surface area contributed by atoms with Crippen LogP contribution in [0, 0.1) is 6.92 Å².